The molecule has 1 amide bonds. The first kappa shape index (κ1) is 33.9. The van der Waals surface area contributed by atoms with Gasteiger partial charge in [0.1, 0.15) is 5.69 Å². The molecule has 0 atom stereocenters. The molecule has 1 heterocycles. The first-order valence-corrected chi connectivity index (χ1v) is 12.2. The molecular weight excluding hydrogens is 732 g/mol. The molecule has 0 fully saturated rings. The first-order valence-electron chi connectivity index (χ1n) is 11.1. The van der Waals surface area contributed by atoms with Crippen LogP contribution in [0.1, 0.15) is 39.2 Å². The summed E-state index contributed by atoms with van der Waals surface area (Å²) < 4.78 is 174. The first-order chi connectivity index (χ1) is 19.6. The number of pyridine rings is 1. The van der Waals surface area contributed by atoms with Crippen LogP contribution in [0.4, 0.5) is 68.5 Å². The third-order valence-corrected chi connectivity index (χ3v) is 6.55. The zero-order chi connectivity index (χ0) is 32.7. The summed E-state index contributed by atoms with van der Waals surface area (Å²) in [6.45, 7) is 3.57. The van der Waals surface area contributed by atoms with Crippen LogP contribution in [-0.2, 0) is 11.8 Å². The molecule has 2 aromatic carbocycles. The molecule has 0 saturated carbocycles. The lowest BCUT2D eigenvalue weighted by Crippen LogP contribution is -2.50. The second-order valence-corrected chi connectivity index (χ2v) is 9.69. The number of carbonyl (C=O) groups excluding carboxylic acids is 1. The van der Waals surface area contributed by atoms with Crippen molar-refractivity contribution < 1.29 is 61.9 Å². The molecule has 43 heavy (non-hydrogen) atoms. The summed E-state index contributed by atoms with van der Waals surface area (Å²) in [4.78, 5) is 16.3. The number of benzene rings is 2. The monoisotopic (exact) mass is 745 g/mol. The van der Waals surface area contributed by atoms with E-state index in [0.29, 0.717) is 0 Å². The number of aromatic nitrogens is 1. The van der Waals surface area contributed by atoms with E-state index in [1.54, 1.807) is 5.32 Å². The highest BCUT2D eigenvalue weighted by Gasteiger charge is 2.73. The average molecular weight is 745 g/mol. The van der Waals surface area contributed by atoms with Crippen LogP contribution in [-0.4, -0.2) is 23.2 Å². The average Bonchev–Trinajstić information content (AvgIpc) is 2.88. The van der Waals surface area contributed by atoms with Gasteiger partial charge in [0.05, 0.1) is 22.5 Å². The second-order valence-electron chi connectivity index (χ2n) is 8.53. The van der Waals surface area contributed by atoms with Crippen molar-refractivity contribution in [3.8, 4) is 0 Å². The van der Waals surface area contributed by atoms with Crippen LogP contribution in [0.5, 0.6) is 0 Å². The summed E-state index contributed by atoms with van der Waals surface area (Å²) in [6, 6.07) is 4.07. The normalized spacial score (nSPS) is 12.8. The molecule has 0 radical (unpaired) electrons. The Labute approximate surface area is 246 Å². The van der Waals surface area contributed by atoms with Gasteiger partial charge in [-0.25, -0.2) is 17.6 Å². The summed E-state index contributed by atoms with van der Waals surface area (Å²) in [6.07, 6.45) is -21.1. The smallest absolute Gasteiger partial charge is 0.353 e. The molecular formula is C25H13F13IN3O. The quantitative estimate of drug-likeness (QED) is 0.187. The molecule has 3 aromatic rings. The van der Waals surface area contributed by atoms with E-state index >= 15 is 4.39 Å². The molecule has 232 valence electrons. The van der Waals surface area contributed by atoms with Crippen molar-refractivity contribution in [1.82, 2.24) is 4.98 Å². The number of alkyl halides is 12. The van der Waals surface area contributed by atoms with E-state index in [1.807, 2.05) is 0 Å². The molecule has 0 aliphatic carbocycles. The van der Waals surface area contributed by atoms with Crippen molar-refractivity contribution in [2.75, 3.05) is 10.6 Å². The highest BCUT2D eigenvalue weighted by Crippen LogP contribution is 2.54. The van der Waals surface area contributed by atoms with E-state index in [2.05, 4.69) is 16.9 Å². The zero-order valence-corrected chi connectivity index (χ0v) is 22.7. The van der Waals surface area contributed by atoms with Gasteiger partial charge in [0.2, 0.25) is 0 Å². The van der Waals surface area contributed by atoms with Crippen LogP contribution in [0.3, 0.4) is 0 Å². The van der Waals surface area contributed by atoms with Crippen LogP contribution in [0.2, 0.25) is 0 Å². The molecule has 0 aliphatic heterocycles. The SMILES string of the molecule is C=C(Nc1cccc(C(=O)Nc2c(I)cc(C(F)(C(F)(F)F)C(F)(F)F)cc2C(F)(F)F)c1F)c1ccc(C(F)F)nc1. The molecule has 0 saturated heterocycles. The number of carbonyl (C=O) groups is 1. The molecule has 18 heteroatoms. The number of amides is 1. The van der Waals surface area contributed by atoms with Gasteiger partial charge in [-0.1, -0.05) is 12.6 Å². The number of hydrogen-bond acceptors (Lipinski definition) is 3. The summed E-state index contributed by atoms with van der Waals surface area (Å²) in [5.74, 6) is -3.01. The molecule has 2 N–H and O–H groups in total. The Kier molecular flexibility index (Phi) is 9.34. The van der Waals surface area contributed by atoms with Gasteiger partial charge in [0, 0.05) is 26.6 Å². The number of hydrogen-bond donors (Lipinski definition) is 2. The topological polar surface area (TPSA) is 54.0 Å². The predicted molar refractivity (Wildman–Crippen MR) is 135 cm³/mol. The highest BCUT2D eigenvalue weighted by atomic mass is 127. The minimum Gasteiger partial charge on any atom is -0.353 e. The van der Waals surface area contributed by atoms with Crippen molar-refractivity contribution in [3.63, 3.8) is 0 Å². The fourth-order valence-corrected chi connectivity index (χ4v) is 4.34. The highest BCUT2D eigenvalue weighted by molar-refractivity contribution is 14.1. The van der Waals surface area contributed by atoms with Gasteiger partial charge in [-0.15, -0.1) is 0 Å². The van der Waals surface area contributed by atoms with Gasteiger partial charge in [0.25, 0.3) is 12.3 Å². The van der Waals surface area contributed by atoms with Gasteiger partial charge in [-0.05, 0) is 59.0 Å². The van der Waals surface area contributed by atoms with Gasteiger partial charge in [-0.3, -0.25) is 9.78 Å². The summed E-state index contributed by atoms with van der Waals surface area (Å²) >= 11 is 0.858. The fourth-order valence-electron chi connectivity index (χ4n) is 3.58. The molecule has 3 rings (SSSR count). The number of nitrogens with zero attached hydrogens (tertiary/aromatic N) is 1. The van der Waals surface area contributed by atoms with E-state index in [1.165, 1.54) is 0 Å². The van der Waals surface area contributed by atoms with E-state index < -0.39 is 85.7 Å². The Bertz CT molecular complexity index is 1520. The van der Waals surface area contributed by atoms with Crippen LogP contribution in [0.15, 0.2) is 55.2 Å². The van der Waals surface area contributed by atoms with E-state index in [4.69, 9.17) is 0 Å². The summed E-state index contributed by atoms with van der Waals surface area (Å²) in [5.41, 5.74) is -14.3. The van der Waals surface area contributed by atoms with Crippen LogP contribution in [0, 0.1) is 9.39 Å². The van der Waals surface area contributed by atoms with Gasteiger partial charge in [-0.2, -0.15) is 39.5 Å². The van der Waals surface area contributed by atoms with E-state index in [9.17, 15) is 57.5 Å². The Morgan fingerprint density at radius 1 is 0.884 bits per heavy atom. The molecule has 0 bridgehead atoms. The molecule has 1 aromatic heterocycles. The molecule has 0 aliphatic rings. The van der Waals surface area contributed by atoms with Crippen molar-refractivity contribution >= 4 is 45.6 Å². The number of nitrogens with one attached hydrogen (secondary N) is 2. The molecule has 0 spiro atoms. The van der Waals surface area contributed by atoms with Crippen LogP contribution < -0.4 is 10.6 Å². The Balaban J connectivity index is 2.00. The standard InChI is InChI=1S/C25H13F13IN3O/c1-10(11-5-6-17(20(27)28)40-9-11)41-16-4-2-3-13(18(16)26)21(43)42-19-14(23(30,31)32)7-12(8-15(19)39)22(29,24(33,34)35)25(36,37)38/h2-9,20,41H,1H2,(H,42,43). The van der Waals surface area contributed by atoms with Gasteiger partial charge < -0.3 is 10.6 Å². The van der Waals surface area contributed by atoms with Crippen LogP contribution in [0.25, 0.3) is 5.70 Å². The summed E-state index contributed by atoms with van der Waals surface area (Å²) in [5, 5.41) is 4.03. The van der Waals surface area contributed by atoms with E-state index in [-0.39, 0.29) is 17.3 Å². The zero-order valence-electron chi connectivity index (χ0n) is 20.6. The van der Waals surface area contributed by atoms with Crippen LogP contribution >= 0.6 is 22.6 Å². The molecule has 0 unspecified atom stereocenters. The Hall–Kier alpha value is -3.58. The van der Waals surface area contributed by atoms with Crippen molar-refractivity contribution in [2.45, 2.75) is 30.6 Å². The number of halogens is 14. The third-order valence-electron chi connectivity index (χ3n) is 5.70. The Morgan fingerprint density at radius 3 is 1.98 bits per heavy atom. The minimum absolute atomic E-state index is 0.102. The Morgan fingerprint density at radius 2 is 1.49 bits per heavy atom. The summed E-state index contributed by atoms with van der Waals surface area (Å²) in [7, 11) is 0. The minimum atomic E-state index is -6.72. The largest absolute Gasteiger partial charge is 0.435 e. The lowest BCUT2D eigenvalue weighted by atomic mass is 9.92. The lowest BCUT2D eigenvalue weighted by Gasteiger charge is -2.31. The fraction of sp³-hybridized carbons (Fsp3) is 0.200. The lowest BCUT2D eigenvalue weighted by molar-refractivity contribution is -0.348. The number of anilines is 2. The van der Waals surface area contributed by atoms with Gasteiger partial charge >= 0.3 is 24.2 Å². The van der Waals surface area contributed by atoms with E-state index in [0.717, 1.165) is 59.1 Å². The van der Waals surface area contributed by atoms with Crippen molar-refractivity contribution in [2.24, 2.45) is 0 Å². The third kappa shape index (κ3) is 6.82. The maximum Gasteiger partial charge on any atom is 0.435 e. The second kappa shape index (κ2) is 11.8. The maximum absolute atomic E-state index is 15.2. The van der Waals surface area contributed by atoms with Crippen molar-refractivity contribution in [1.29, 1.82) is 0 Å². The predicted octanol–water partition coefficient (Wildman–Crippen LogP) is 9.41. The van der Waals surface area contributed by atoms with Crippen molar-refractivity contribution in [3.05, 3.63) is 92.6 Å². The molecule has 4 nitrogen and oxygen atoms in total. The van der Waals surface area contributed by atoms with Gasteiger partial charge in [0.15, 0.2) is 5.82 Å². The maximum atomic E-state index is 15.2. The number of rotatable bonds is 7.